The van der Waals surface area contributed by atoms with Gasteiger partial charge in [0.25, 0.3) is 0 Å². The van der Waals surface area contributed by atoms with E-state index in [2.05, 4.69) is 15.9 Å². The minimum absolute atomic E-state index is 0. The Morgan fingerprint density at radius 2 is 1.30 bits per heavy atom. The Hall–Kier alpha value is -1.58. The molecule has 0 aromatic carbocycles. The Kier molecular flexibility index (Phi) is 13.3. The third-order valence-corrected chi connectivity index (χ3v) is 9.82. The number of fused-ring (bicyclic) bond motifs is 2. The average Bonchev–Trinajstić information content (AvgIpc) is 3.80. The smallest absolute Gasteiger partial charge is 0.373 e. The highest BCUT2D eigenvalue weighted by atomic mass is 79.9. The number of esters is 3. The van der Waals surface area contributed by atoms with Crippen molar-refractivity contribution in [1.29, 1.82) is 0 Å². The van der Waals surface area contributed by atoms with Gasteiger partial charge in [-0.1, -0.05) is 43.6 Å². The number of aliphatic hydroxyl groups excluding tert-OH is 1. The van der Waals surface area contributed by atoms with Crippen LogP contribution in [0.25, 0.3) is 0 Å². The van der Waals surface area contributed by atoms with Crippen LogP contribution in [-0.2, 0) is 47.7 Å². The highest BCUT2D eigenvalue weighted by Gasteiger charge is 2.86. The van der Waals surface area contributed by atoms with E-state index in [0.717, 1.165) is 6.42 Å². The van der Waals surface area contributed by atoms with E-state index in [0.29, 0.717) is 19.3 Å². The van der Waals surface area contributed by atoms with Gasteiger partial charge >= 0.3 is 24.1 Å². The molecule has 254 valence electrons. The number of aliphatic hydroxyl groups is 1. The third-order valence-electron chi connectivity index (χ3n) is 8.86. The summed E-state index contributed by atoms with van der Waals surface area (Å²) in [6, 6.07) is 0. The summed E-state index contributed by atoms with van der Waals surface area (Å²) in [6.45, 7) is 10.8. The molecule has 2 unspecified atom stereocenters. The van der Waals surface area contributed by atoms with Crippen molar-refractivity contribution in [2.24, 2.45) is 5.41 Å². The molecule has 5 aliphatic rings. The van der Waals surface area contributed by atoms with Gasteiger partial charge in [0.1, 0.15) is 11.8 Å². The molecule has 0 amide bonds. The van der Waals surface area contributed by atoms with E-state index in [9.17, 15) is 27.6 Å². The molecular formula is C28H41Br2F3O11. The number of carbonyl (C=O) groups excluding carboxylic acids is 5. The minimum Gasteiger partial charge on any atom is -0.452 e. The SMILES string of the molecule is Br.CC[C@H]1OC(Br)[C@@]2(OC(C)=O)C[C@]12F.CC[C@H]1OC(OC(C)=O)[C@@]2(OC(C)=O)C[C@]12F.CC[C@]1(C)C[C@]1(F)CO.O=C=O. The topological polar surface area (TPSA) is 152 Å². The maximum absolute atomic E-state index is 14.5. The van der Waals surface area contributed by atoms with Crippen LogP contribution in [0.5, 0.6) is 0 Å². The van der Waals surface area contributed by atoms with E-state index >= 15 is 0 Å². The van der Waals surface area contributed by atoms with Gasteiger partial charge in [-0.2, -0.15) is 9.59 Å². The molecule has 0 aromatic heterocycles. The molecule has 11 nitrogen and oxygen atoms in total. The molecule has 0 spiro atoms. The van der Waals surface area contributed by atoms with Gasteiger partial charge in [0.15, 0.2) is 22.0 Å². The lowest BCUT2D eigenvalue weighted by atomic mass is 10.0. The van der Waals surface area contributed by atoms with Crippen molar-refractivity contribution in [2.45, 2.75) is 139 Å². The molecular weight excluding hydrogens is 729 g/mol. The second-order valence-electron chi connectivity index (χ2n) is 11.7. The van der Waals surface area contributed by atoms with Crippen molar-refractivity contribution in [1.82, 2.24) is 0 Å². The maximum atomic E-state index is 14.5. The monoisotopic (exact) mass is 768 g/mol. The fraction of sp³-hybridized carbons (Fsp3) is 0.857. The number of ether oxygens (including phenoxy) is 5. The van der Waals surface area contributed by atoms with Crippen molar-refractivity contribution in [2.75, 3.05) is 6.61 Å². The van der Waals surface area contributed by atoms with Crippen LogP contribution in [0, 0.1) is 5.41 Å². The molecule has 10 atom stereocenters. The molecule has 3 aliphatic carbocycles. The standard InChI is InChI=1S/C11H15FO5.C9H12BrFO3.C7H13FO.CO2.BrH/c1-4-8-10(12)5-11(10,17-7(3)14)9(16-8)15-6(2)13;1-3-6-8(11)4-9(8,7(10)13-6)14-5(2)12;1-3-6(2)4-7(6,8)5-9;2-1-3;/h8-9H,4-5H2,1-3H3;6-7H,3-4H2,1-2H3;9H,3-5H2,1-2H3;;1H/t8-,9?,10+,11+;6-,7?,8+,9+;6-,7+;;/m111../s1. The van der Waals surface area contributed by atoms with Crippen LogP contribution in [-0.4, -0.2) is 87.5 Å². The van der Waals surface area contributed by atoms with Gasteiger partial charge in [-0.25, -0.2) is 13.2 Å². The van der Waals surface area contributed by atoms with Gasteiger partial charge in [0.2, 0.25) is 11.9 Å². The van der Waals surface area contributed by atoms with Gasteiger partial charge in [-0.05, 0) is 25.7 Å². The Morgan fingerprint density at radius 3 is 1.61 bits per heavy atom. The number of alkyl halides is 4. The Labute approximate surface area is 273 Å². The Balaban J connectivity index is 0.000000324. The number of carbonyl (C=O) groups is 3. The van der Waals surface area contributed by atoms with E-state index in [1.54, 1.807) is 6.92 Å². The summed E-state index contributed by atoms with van der Waals surface area (Å²) in [5, 5.41) is 8.04. The normalized spacial score (nSPS) is 42.7. The number of hydrogen-bond donors (Lipinski definition) is 1. The predicted molar refractivity (Wildman–Crippen MR) is 154 cm³/mol. The van der Waals surface area contributed by atoms with E-state index in [4.69, 9.17) is 38.4 Å². The van der Waals surface area contributed by atoms with E-state index in [1.807, 2.05) is 20.8 Å². The lowest BCUT2D eigenvalue weighted by Gasteiger charge is -2.21. The van der Waals surface area contributed by atoms with Gasteiger partial charge in [-0.3, -0.25) is 14.4 Å². The molecule has 5 rings (SSSR count). The first-order valence-corrected chi connectivity index (χ1v) is 14.9. The van der Waals surface area contributed by atoms with Crippen LogP contribution in [0.4, 0.5) is 13.2 Å². The van der Waals surface area contributed by atoms with Gasteiger partial charge in [0.05, 0.1) is 12.7 Å². The van der Waals surface area contributed by atoms with Crippen LogP contribution in [0.2, 0.25) is 0 Å². The summed E-state index contributed by atoms with van der Waals surface area (Å²) < 4.78 is 67.3. The van der Waals surface area contributed by atoms with Crippen molar-refractivity contribution < 1.29 is 65.9 Å². The Morgan fingerprint density at radius 1 is 0.864 bits per heavy atom. The maximum Gasteiger partial charge on any atom is 0.373 e. The molecule has 2 saturated heterocycles. The van der Waals surface area contributed by atoms with E-state index < -0.39 is 69.6 Å². The minimum atomic E-state index is -1.73. The zero-order valence-corrected chi connectivity index (χ0v) is 29.0. The summed E-state index contributed by atoms with van der Waals surface area (Å²) in [5.74, 6) is -1.66. The lowest BCUT2D eigenvalue weighted by molar-refractivity contribution is -0.208. The summed E-state index contributed by atoms with van der Waals surface area (Å²) >= 11 is 3.21. The van der Waals surface area contributed by atoms with Crippen LogP contribution >= 0.6 is 32.9 Å². The second-order valence-corrected chi connectivity index (χ2v) is 12.5. The number of halogens is 5. The molecule has 44 heavy (non-hydrogen) atoms. The van der Waals surface area contributed by atoms with Crippen LogP contribution in [0.1, 0.15) is 87.0 Å². The highest BCUT2D eigenvalue weighted by molar-refractivity contribution is 9.09. The zero-order valence-electron chi connectivity index (χ0n) is 25.7. The molecule has 0 aromatic rings. The molecule has 1 N–H and O–H groups in total. The lowest BCUT2D eigenvalue weighted by Crippen LogP contribution is -2.37. The molecule has 3 saturated carbocycles. The van der Waals surface area contributed by atoms with Crippen molar-refractivity contribution in [3.05, 3.63) is 0 Å². The number of rotatable bonds is 7. The number of hydrogen-bond acceptors (Lipinski definition) is 11. The fourth-order valence-electron chi connectivity index (χ4n) is 5.95. The molecule has 2 aliphatic heterocycles. The van der Waals surface area contributed by atoms with Crippen molar-refractivity contribution in [3.8, 4) is 0 Å². The summed E-state index contributed by atoms with van der Waals surface area (Å²) in [4.78, 5) is 49.0. The van der Waals surface area contributed by atoms with Gasteiger partial charge < -0.3 is 28.8 Å². The van der Waals surface area contributed by atoms with Crippen LogP contribution < -0.4 is 0 Å². The van der Waals surface area contributed by atoms with Crippen LogP contribution in [0.3, 0.4) is 0 Å². The predicted octanol–water partition coefficient (Wildman–Crippen LogP) is 4.53. The molecule has 5 fully saturated rings. The van der Waals surface area contributed by atoms with Gasteiger partial charge in [-0.15, -0.1) is 17.0 Å². The first kappa shape index (κ1) is 40.4. The zero-order chi connectivity index (χ0) is 33.2. The van der Waals surface area contributed by atoms with Gasteiger partial charge in [0, 0.05) is 39.0 Å². The fourth-order valence-corrected chi connectivity index (χ4v) is 6.85. The quantitative estimate of drug-likeness (QED) is 0.221. The summed E-state index contributed by atoms with van der Waals surface area (Å²) in [7, 11) is 0. The van der Waals surface area contributed by atoms with Crippen molar-refractivity contribution in [3.63, 3.8) is 0 Å². The van der Waals surface area contributed by atoms with E-state index in [1.165, 1.54) is 20.8 Å². The third kappa shape index (κ3) is 7.20. The molecule has 0 bridgehead atoms. The second kappa shape index (κ2) is 14.5. The highest BCUT2D eigenvalue weighted by Crippen LogP contribution is 2.67. The van der Waals surface area contributed by atoms with Crippen molar-refractivity contribution >= 4 is 57.0 Å². The van der Waals surface area contributed by atoms with Crippen LogP contribution in [0.15, 0.2) is 0 Å². The molecule has 16 heteroatoms. The average molecular weight is 770 g/mol. The molecule has 0 radical (unpaired) electrons. The van der Waals surface area contributed by atoms with E-state index in [-0.39, 0.29) is 48.0 Å². The first-order valence-electron chi connectivity index (χ1n) is 14.0. The summed E-state index contributed by atoms with van der Waals surface area (Å²) in [5.41, 5.74) is -7.19. The summed E-state index contributed by atoms with van der Waals surface area (Å²) in [6.07, 6.45) is 0.580. The first-order chi connectivity index (χ1) is 19.8. The Bertz CT molecular complexity index is 1100. The largest absolute Gasteiger partial charge is 0.452 e. The molecule has 2 heterocycles.